The van der Waals surface area contributed by atoms with Crippen molar-refractivity contribution in [3.05, 3.63) is 66.1 Å². The Bertz CT molecular complexity index is 819. The van der Waals surface area contributed by atoms with Crippen LogP contribution < -0.4 is 10.1 Å². The number of ether oxygens (including phenoxy) is 1. The highest BCUT2D eigenvalue weighted by molar-refractivity contribution is 5.91. The van der Waals surface area contributed by atoms with Gasteiger partial charge in [0, 0.05) is 11.3 Å². The quantitative estimate of drug-likeness (QED) is 0.530. The fourth-order valence-electron chi connectivity index (χ4n) is 3.10. The Kier molecular flexibility index (Phi) is 7.51. The number of nitrogens with one attached hydrogen (secondary N) is 1. The Morgan fingerprint density at radius 1 is 0.966 bits per heavy atom. The predicted octanol–water partition coefficient (Wildman–Crippen LogP) is 6.46. The molecule has 2 rings (SSSR count). The van der Waals surface area contributed by atoms with E-state index < -0.39 is 0 Å². The minimum atomic E-state index is -0.161. The first-order valence-electron chi connectivity index (χ1n) is 10.6. The molecule has 0 aliphatic rings. The number of amides is 1. The summed E-state index contributed by atoms with van der Waals surface area (Å²) in [5.41, 5.74) is 4.45. The molecule has 3 nitrogen and oxygen atoms in total. The number of hydrogen-bond donors (Lipinski definition) is 1. The number of carbonyl (C=O) groups excluding carboxylic acids is 1. The van der Waals surface area contributed by atoms with Crippen molar-refractivity contribution in [1.82, 2.24) is 0 Å². The molecule has 0 spiro atoms. The Morgan fingerprint density at radius 3 is 2.14 bits per heavy atom. The van der Waals surface area contributed by atoms with Crippen LogP contribution in [0.2, 0.25) is 0 Å². The first kappa shape index (κ1) is 23.0. The van der Waals surface area contributed by atoms with Gasteiger partial charge in [-0.1, -0.05) is 65.8 Å². The second-order valence-electron chi connectivity index (χ2n) is 8.97. The van der Waals surface area contributed by atoms with Gasteiger partial charge < -0.3 is 10.1 Å². The average molecular weight is 395 g/mol. The molecule has 1 N–H and O–H groups in total. The van der Waals surface area contributed by atoms with E-state index in [0.717, 1.165) is 41.8 Å². The molecular formula is C26H36NO2. The molecule has 1 amide bonds. The first-order chi connectivity index (χ1) is 13.6. The second-order valence-corrected chi connectivity index (χ2v) is 8.97. The van der Waals surface area contributed by atoms with Gasteiger partial charge in [-0.25, -0.2) is 0 Å². The minimum absolute atomic E-state index is 0.0135. The normalized spacial score (nSPS) is 12.0. The molecule has 157 valence electrons. The van der Waals surface area contributed by atoms with Crippen LogP contribution in [0.3, 0.4) is 0 Å². The summed E-state index contributed by atoms with van der Waals surface area (Å²) >= 11 is 0. The zero-order valence-electron chi connectivity index (χ0n) is 18.9. The molecule has 0 aromatic heterocycles. The highest BCUT2D eigenvalue weighted by Crippen LogP contribution is 2.38. The largest absolute Gasteiger partial charge is 0.483 e. The summed E-state index contributed by atoms with van der Waals surface area (Å²) in [5.74, 6) is 0.626. The molecule has 0 atom stereocenters. The zero-order valence-corrected chi connectivity index (χ0v) is 18.9. The van der Waals surface area contributed by atoms with Crippen molar-refractivity contribution >= 4 is 11.6 Å². The minimum Gasteiger partial charge on any atom is -0.483 e. The summed E-state index contributed by atoms with van der Waals surface area (Å²) in [5, 5.41) is 2.90. The average Bonchev–Trinajstić information content (AvgIpc) is 2.72. The van der Waals surface area contributed by atoms with Crippen LogP contribution in [-0.2, 0) is 22.0 Å². The maximum atomic E-state index is 12.4. The maximum absolute atomic E-state index is 12.4. The molecule has 0 unspecified atom stereocenters. The van der Waals surface area contributed by atoms with Gasteiger partial charge in [0.2, 0.25) is 0 Å². The van der Waals surface area contributed by atoms with Gasteiger partial charge in [-0.3, -0.25) is 4.79 Å². The van der Waals surface area contributed by atoms with E-state index in [4.69, 9.17) is 4.74 Å². The third-order valence-corrected chi connectivity index (χ3v) is 6.14. The molecule has 29 heavy (non-hydrogen) atoms. The highest BCUT2D eigenvalue weighted by atomic mass is 16.5. The van der Waals surface area contributed by atoms with Gasteiger partial charge >= 0.3 is 0 Å². The van der Waals surface area contributed by atoms with Crippen LogP contribution in [0.15, 0.2) is 42.5 Å². The molecule has 1 radical (unpaired) electrons. The van der Waals surface area contributed by atoms with Crippen LogP contribution in [0.25, 0.3) is 0 Å². The second kappa shape index (κ2) is 9.47. The molecule has 0 aliphatic carbocycles. The van der Waals surface area contributed by atoms with E-state index in [2.05, 4.69) is 65.9 Å². The number of benzene rings is 2. The smallest absolute Gasteiger partial charge is 0.262 e. The molecule has 2 aromatic rings. The van der Waals surface area contributed by atoms with Crippen LogP contribution >= 0.6 is 0 Å². The van der Waals surface area contributed by atoms with Crippen LogP contribution in [0, 0.1) is 6.92 Å². The van der Waals surface area contributed by atoms with E-state index in [1.807, 2.05) is 30.3 Å². The van der Waals surface area contributed by atoms with Crippen molar-refractivity contribution in [3.8, 4) is 5.75 Å². The molecule has 0 saturated carbocycles. The Labute approximate surface area is 176 Å². The summed E-state index contributed by atoms with van der Waals surface area (Å²) in [6, 6.07) is 14.1. The SMILES string of the molecule is [CH2]Cc1ccc(NC(=O)COc2ccc(C(C)(C)CC)cc2C(C)(C)CC)cc1. The summed E-state index contributed by atoms with van der Waals surface area (Å²) in [6.07, 6.45) is 2.79. The Hall–Kier alpha value is -2.29. The third-order valence-electron chi connectivity index (χ3n) is 6.14. The monoisotopic (exact) mass is 394 g/mol. The van der Waals surface area contributed by atoms with Gasteiger partial charge in [-0.2, -0.15) is 0 Å². The van der Waals surface area contributed by atoms with Crippen molar-refractivity contribution in [3.63, 3.8) is 0 Å². The van der Waals surface area contributed by atoms with E-state index in [0.29, 0.717) is 0 Å². The zero-order chi connectivity index (χ0) is 21.7. The van der Waals surface area contributed by atoms with Gasteiger partial charge in [0.1, 0.15) is 5.75 Å². The molecule has 0 fully saturated rings. The number of carbonyl (C=O) groups is 1. The molecule has 0 aliphatic heterocycles. The van der Waals surface area contributed by atoms with Crippen molar-refractivity contribution in [2.24, 2.45) is 0 Å². The lowest BCUT2D eigenvalue weighted by molar-refractivity contribution is -0.118. The fourth-order valence-corrected chi connectivity index (χ4v) is 3.10. The maximum Gasteiger partial charge on any atom is 0.262 e. The molecule has 2 aromatic carbocycles. The van der Waals surface area contributed by atoms with Gasteiger partial charge in [0.25, 0.3) is 5.91 Å². The summed E-state index contributed by atoms with van der Waals surface area (Å²) < 4.78 is 5.98. The molecule has 0 bridgehead atoms. The van der Waals surface area contributed by atoms with E-state index in [1.165, 1.54) is 5.56 Å². The lowest BCUT2D eigenvalue weighted by Crippen LogP contribution is -2.24. The molecular weight excluding hydrogens is 358 g/mol. The van der Waals surface area contributed by atoms with Gasteiger partial charge in [-0.15, -0.1) is 0 Å². The van der Waals surface area contributed by atoms with E-state index >= 15 is 0 Å². The van der Waals surface area contributed by atoms with E-state index in [-0.39, 0.29) is 23.3 Å². The topological polar surface area (TPSA) is 38.3 Å². The number of anilines is 1. The van der Waals surface area contributed by atoms with Crippen LogP contribution in [0.4, 0.5) is 5.69 Å². The van der Waals surface area contributed by atoms with Crippen LogP contribution in [0.1, 0.15) is 71.1 Å². The Morgan fingerprint density at radius 2 is 1.59 bits per heavy atom. The lowest BCUT2D eigenvalue weighted by Gasteiger charge is -2.30. The Balaban J connectivity index is 2.17. The fraction of sp³-hybridized carbons (Fsp3) is 0.462. The first-order valence-corrected chi connectivity index (χ1v) is 10.6. The van der Waals surface area contributed by atoms with Crippen LogP contribution in [-0.4, -0.2) is 12.5 Å². The van der Waals surface area contributed by atoms with Gasteiger partial charge in [0.15, 0.2) is 6.61 Å². The summed E-state index contributed by atoms with van der Waals surface area (Å²) in [6.45, 7) is 17.2. The van der Waals surface area contributed by atoms with Crippen molar-refractivity contribution in [2.75, 3.05) is 11.9 Å². The molecule has 3 heteroatoms. The van der Waals surface area contributed by atoms with E-state index in [9.17, 15) is 4.79 Å². The summed E-state index contributed by atoms with van der Waals surface area (Å²) in [7, 11) is 0. The standard InChI is InChI=1S/C26H36NO2/c1-8-19-11-14-21(15-12-19)27-24(28)18-29-23-16-13-20(25(4,5)9-2)17-22(23)26(6,7)10-3/h11-17H,1,8-10,18H2,2-7H3,(H,27,28). The predicted molar refractivity (Wildman–Crippen MR) is 123 cm³/mol. The van der Waals surface area contributed by atoms with E-state index in [1.54, 1.807) is 0 Å². The molecule has 0 heterocycles. The highest BCUT2D eigenvalue weighted by Gasteiger charge is 2.26. The van der Waals surface area contributed by atoms with Gasteiger partial charge in [-0.05, 0) is 66.3 Å². The lowest BCUT2D eigenvalue weighted by atomic mass is 9.76. The number of rotatable bonds is 9. The van der Waals surface area contributed by atoms with Crippen molar-refractivity contribution < 1.29 is 9.53 Å². The molecule has 0 saturated heterocycles. The summed E-state index contributed by atoms with van der Waals surface area (Å²) in [4.78, 5) is 12.4. The van der Waals surface area contributed by atoms with Crippen LogP contribution in [0.5, 0.6) is 5.75 Å². The van der Waals surface area contributed by atoms with Gasteiger partial charge in [0.05, 0.1) is 0 Å². The number of hydrogen-bond acceptors (Lipinski definition) is 2. The van der Waals surface area contributed by atoms with Crippen molar-refractivity contribution in [2.45, 2.75) is 71.6 Å². The van der Waals surface area contributed by atoms with Crippen molar-refractivity contribution in [1.29, 1.82) is 0 Å². The third kappa shape index (κ3) is 5.85.